The Hall–Kier alpha value is -2.47. The van der Waals surface area contributed by atoms with E-state index in [2.05, 4.69) is 60.4 Å². The summed E-state index contributed by atoms with van der Waals surface area (Å²) < 4.78 is 1.83. The molecule has 0 unspecified atom stereocenters. The first kappa shape index (κ1) is 18.3. The minimum absolute atomic E-state index is 0.0486. The Kier molecular flexibility index (Phi) is 5.52. The Balaban J connectivity index is 1.76. The first-order valence-corrected chi connectivity index (χ1v) is 9.59. The Morgan fingerprint density at radius 2 is 1.92 bits per heavy atom. The Morgan fingerprint density at radius 1 is 1.19 bits per heavy atom. The van der Waals surface area contributed by atoms with E-state index < -0.39 is 0 Å². The molecule has 2 aromatic heterocycles. The lowest BCUT2D eigenvalue weighted by Gasteiger charge is -2.11. The highest BCUT2D eigenvalue weighted by molar-refractivity contribution is 7.12. The van der Waals surface area contributed by atoms with Crippen molar-refractivity contribution < 1.29 is 4.79 Å². The van der Waals surface area contributed by atoms with E-state index in [1.165, 1.54) is 5.56 Å². The minimum Gasteiger partial charge on any atom is -0.311 e. The SMILES string of the molecule is Cc1ccc(-c2nc(C)sc2CC(=O)Nc2ccnn2CC(C)C)cc1. The highest BCUT2D eigenvalue weighted by atomic mass is 32.1. The van der Waals surface area contributed by atoms with Gasteiger partial charge in [0.25, 0.3) is 0 Å². The van der Waals surface area contributed by atoms with Crippen LogP contribution < -0.4 is 5.32 Å². The molecule has 5 nitrogen and oxygen atoms in total. The molecule has 0 spiro atoms. The number of rotatable bonds is 6. The molecule has 6 heteroatoms. The molecule has 26 heavy (non-hydrogen) atoms. The Bertz CT molecular complexity index is 893. The van der Waals surface area contributed by atoms with Crippen molar-refractivity contribution in [2.24, 2.45) is 5.92 Å². The summed E-state index contributed by atoms with van der Waals surface area (Å²) in [5.41, 5.74) is 3.16. The normalized spacial score (nSPS) is 11.1. The van der Waals surface area contributed by atoms with Gasteiger partial charge >= 0.3 is 0 Å². The summed E-state index contributed by atoms with van der Waals surface area (Å²) in [5, 5.41) is 8.23. The number of nitrogens with zero attached hydrogens (tertiary/aromatic N) is 3. The molecule has 0 aliphatic rings. The van der Waals surface area contributed by atoms with Crippen LogP contribution in [-0.2, 0) is 17.8 Å². The quantitative estimate of drug-likeness (QED) is 0.699. The average Bonchev–Trinajstić information content (AvgIpc) is 3.14. The van der Waals surface area contributed by atoms with Gasteiger partial charge in [0.2, 0.25) is 5.91 Å². The topological polar surface area (TPSA) is 59.8 Å². The van der Waals surface area contributed by atoms with Gasteiger partial charge in [-0.25, -0.2) is 9.67 Å². The first-order chi connectivity index (χ1) is 12.4. The summed E-state index contributed by atoms with van der Waals surface area (Å²) in [6, 6.07) is 10.1. The predicted molar refractivity (Wildman–Crippen MR) is 106 cm³/mol. The molecule has 0 aliphatic heterocycles. The van der Waals surface area contributed by atoms with Gasteiger partial charge in [0.1, 0.15) is 5.82 Å². The van der Waals surface area contributed by atoms with Gasteiger partial charge in [-0.1, -0.05) is 43.7 Å². The molecule has 0 atom stereocenters. The van der Waals surface area contributed by atoms with Gasteiger partial charge in [0.05, 0.1) is 23.3 Å². The monoisotopic (exact) mass is 368 g/mol. The molecule has 0 saturated heterocycles. The van der Waals surface area contributed by atoms with Gasteiger partial charge in [-0.3, -0.25) is 4.79 Å². The van der Waals surface area contributed by atoms with Gasteiger partial charge in [-0.2, -0.15) is 5.10 Å². The average molecular weight is 369 g/mol. The second kappa shape index (κ2) is 7.83. The van der Waals surface area contributed by atoms with Crippen molar-refractivity contribution in [3.8, 4) is 11.3 Å². The van der Waals surface area contributed by atoms with E-state index in [4.69, 9.17) is 0 Å². The lowest BCUT2D eigenvalue weighted by Crippen LogP contribution is -2.18. The van der Waals surface area contributed by atoms with Crippen LogP contribution >= 0.6 is 11.3 Å². The van der Waals surface area contributed by atoms with Crippen molar-refractivity contribution in [1.82, 2.24) is 14.8 Å². The number of nitrogens with one attached hydrogen (secondary N) is 1. The van der Waals surface area contributed by atoms with Gasteiger partial charge in [0.15, 0.2) is 0 Å². The van der Waals surface area contributed by atoms with Crippen LogP contribution in [0.5, 0.6) is 0 Å². The minimum atomic E-state index is -0.0486. The second-order valence-electron chi connectivity index (χ2n) is 6.89. The molecule has 3 rings (SSSR count). The number of aryl methyl sites for hydroxylation is 2. The number of hydrogen-bond acceptors (Lipinski definition) is 4. The van der Waals surface area contributed by atoms with E-state index >= 15 is 0 Å². The second-order valence-corrected chi connectivity index (χ2v) is 8.18. The molecule has 0 bridgehead atoms. The summed E-state index contributed by atoms with van der Waals surface area (Å²) >= 11 is 1.57. The molecule has 2 heterocycles. The van der Waals surface area contributed by atoms with Gasteiger partial charge in [0, 0.05) is 23.1 Å². The predicted octanol–water partition coefficient (Wildman–Crippen LogP) is 4.46. The van der Waals surface area contributed by atoms with Crippen LogP contribution in [0.4, 0.5) is 5.82 Å². The largest absolute Gasteiger partial charge is 0.311 e. The zero-order chi connectivity index (χ0) is 18.7. The van der Waals surface area contributed by atoms with Crippen molar-refractivity contribution in [1.29, 1.82) is 0 Å². The molecule has 0 saturated carbocycles. The van der Waals surface area contributed by atoms with Crippen LogP contribution in [0.1, 0.15) is 29.3 Å². The summed E-state index contributed by atoms with van der Waals surface area (Å²) in [6.07, 6.45) is 2.02. The molecule has 0 fully saturated rings. The van der Waals surface area contributed by atoms with E-state index in [9.17, 15) is 4.79 Å². The maximum absolute atomic E-state index is 12.6. The van der Waals surface area contributed by atoms with Crippen LogP contribution in [0.3, 0.4) is 0 Å². The Labute approximate surface area is 158 Å². The van der Waals surface area contributed by atoms with Crippen LogP contribution in [0.15, 0.2) is 36.5 Å². The Morgan fingerprint density at radius 3 is 2.62 bits per heavy atom. The maximum atomic E-state index is 12.6. The number of carbonyl (C=O) groups excluding carboxylic acids is 1. The molecule has 3 aromatic rings. The van der Waals surface area contributed by atoms with Crippen molar-refractivity contribution in [3.05, 3.63) is 52.0 Å². The first-order valence-electron chi connectivity index (χ1n) is 8.77. The fourth-order valence-corrected chi connectivity index (χ4v) is 3.75. The van der Waals surface area contributed by atoms with Gasteiger partial charge < -0.3 is 5.32 Å². The number of amides is 1. The van der Waals surface area contributed by atoms with E-state index in [1.807, 2.05) is 17.7 Å². The molecule has 1 N–H and O–H groups in total. The molecular formula is C20H24N4OS. The third kappa shape index (κ3) is 4.38. The third-order valence-electron chi connectivity index (χ3n) is 3.97. The van der Waals surface area contributed by atoms with Gasteiger partial charge in [-0.15, -0.1) is 11.3 Å². The number of benzene rings is 1. The van der Waals surface area contributed by atoms with Crippen molar-refractivity contribution in [2.75, 3.05) is 5.32 Å². The summed E-state index contributed by atoms with van der Waals surface area (Å²) in [7, 11) is 0. The third-order valence-corrected chi connectivity index (χ3v) is 4.94. The number of aromatic nitrogens is 3. The van der Waals surface area contributed by atoms with Gasteiger partial charge in [-0.05, 0) is 19.8 Å². The molecule has 0 radical (unpaired) electrons. The molecular weight excluding hydrogens is 344 g/mol. The fraction of sp³-hybridized carbons (Fsp3) is 0.350. The fourth-order valence-electron chi connectivity index (χ4n) is 2.79. The number of thiazole rings is 1. The number of hydrogen-bond donors (Lipinski definition) is 1. The van der Waals surface area contributed by atoms with E-state index in [0.717, 1.165) is 33.5 Å². The van der Waals surface area contributed by atoms with Crippen LogP contribution in [0.25, 0.3) is 11.3 Å². The van der Waals surface area contributed by atoms with Crippen molar-refractivity contribution in [3.63, 3.8) is 0 Å². The number of anilines is 1. The number of carbonyl (C=O) groups is 1. The highest BCUT2D eigenvalue weighted by Gasteiger charge is 2.16. The van der Waals surface area contributed by atoms with Crippen molar-refractivity contribution in [2.45, 2.75) is 40.7 Å². The van der Waals surface area contributed by atoms with E-state index in [-0.39, 0.29) is 5.91 Å². The lowest BCUT2D eigenvalue weighted by atomic mass is 10.1. The maximum Gasteiger partial charge on any atom is 0.230 e. The molecule has 1 aromatic carbocycles. The van der Waals surface area contributed by atoms with Crippen molar-refractivity contribution >= 4 is 23.1 Å². The van der Waals surface area contributed by atoms with E-state index in [0.29, 0.717) is 12.3 Å². The molecule has 136 valence electrons. The summed E-state index contributed by atoms with van der Waals surface area (Å²) in [5.74, 6) is 1.15. The molecule has 1 amide bonds. The molecule has 0 aliphatic carbocycles. The standard InChI is InChI=1S/C20H24N4OS/c1-13(2)12-24-18(9-10-21-24)23-19(25)11-17-20(22-15(4)26-17)16-7-5-14(3)6-8-16/h5-10,13H,11-12H2,1-4H3,(H,23,25). The summed E-state index contributed by atoms with van der Waals surface area (Å²) in [4.78, 5) is 18.2. The zero-order valence-corrected chi connectivity index (χ0v) is 16.4. The lowest BCUT2D eigenvalue weighted by molar-refractivity contribution is -0.115. The van der Waals surface area contributed by atoms with Crippen LogP contribution in [0.2, 0.25) is 0 Å². The van der Waals surface area contributed by atoms with Crippen LogP contribution in [0, 0.1) is 19.8 Å². The summed E-state index contributed by atoms with van der Waals surface area (Å²) in [6.45, 7) is 9.06. The smallest absolute Gasteiger partial charge is 0.230 e. The highest BCUT2D eigenvalue weighted by Crippen LogP contribution is 2.29. The van der Waals surface area contributed by atoms with Crippen LogP contribution in [-0.4, -0.2) is 20.7 Å². The van der Waals surface area contributed by atoms with E-state index in [1.54, 1.807) is 17.5 Å². The zero-order valence-electron chi connectivity index (χ0n) is 15.6.